The Morgan fingerprint density at radius 2 is 1.94 bits per heavy atom. The van der Waals surface area contributed by atoms with Crippen molar-refractivity contribution < 1.29 is 14.2 Å². The zero-order valence-corrected chi connectivity index (χ0v) is 11.9. The van der Waals surface area contributed by atoms with Crippen molar-refractivity contribution >= 4 is 7.85 Å². The van der Waals surface area contributed by atoms with Crippen LogP contribution in [0.2, 0.25) is 0 Å². The lowest BCUT2D eigenvalue weighted by molar-refractivity contribution is -0.114. The van der Waals surface area contributed by atoms with Gasteiger partial charge in [-0.3, -0.25) is 0 Å². The molecule has 1 aliphatic rings. The zero-order chi connectivity index (χ0) is 12.8. The molecule has 4 heteroatoms. The SMILES string of the molecule is B[C@H]1CC(OCOCC(C)C)[C@@H](CC(C)C)O1. The van der Waals surface area contributed by atoms with E-state index in [2.05, 4.69) is 35.5 Å². The van der Waals surface area contributed by atoms with Crippen molar-refractivity contribution in [3.8, 4) is 0 Å². The molecule has 1 heterocycles. The van der Waals surface area contributed by atoms with Crippen LogP contribution in [0.4, 0.5) is 0 Å². The van der Waals surface area contributed by atoms with Crippen molar-refractivity contribution in [3.63, 3.8) is 0 Å². The second-order valence-electron chi connectivity index (χ2n) is 5.94. The fourth-order valence-electron chi connectivity index (χ4n) is 2.19. The topological polar surface area (TPSA) is 27.7 Å². The highest BCUT2D eigenvalue weighted by molar-refractivity contribution is 6.11. The summed E-state index contributed by atoms with van der Waals surface area (Å²) in [5, 5.41) is 0. The molecule has 100 valence electrons. The minimum Gasteiger partial charge on any atom is -0.381 e. The minimum absolute atomic E-state index is 0.208. The predicted molar refractivity (Wildman–Crippen MR) is 71.8 cm³/mol. The summed E-state index contributed by atoms with van der Waals surface area (Å²) in [5.74, 6) is 1.21. The summed E-state index contributed by atoms with van der Waals surface area (Å²) in [4.78, 5) is 0. The van der Waals surface area contributed by atoms with Crippen molar-refractivity contribution in [3.05, 3.63) is 0 Å². The molecule has 0 aromatic rings. The molecule has 1 fully saturated rings. The van der Waals surface area contributed by atoms with Gasteiger partial charge in [-0.25, -0.2) is 0 Å². The van der Waals surface area contributed by atoms with Gasteiger partial charge in [-0.05, 0) is 24.7 Å². The van der Waals surface area contributed by atoms with E-state index in [1.54, 1.807) is 0 Å². The van der Waals surface area contributed by atoms with E-state index in [0.29, 0.717) is 24.6 Å². The second kappa shape index (κ2) is 7.40. The van der Waals surface area contributed by atoms with Gasteiger partial charge in [0, 0.05) is 6.00 Å². The van der Waals surface area contributed by atoms with E-state index in [9.17, 15) is 0 Å². The first-order valence-electron chi connectivity index (χ1n) is 6.83. The largest absolute Gasteiger partial charge is 0.381 e. The van der Waals surface area contributed by atoms with Crippen LogP contribution in [0.25, 0.3) is 0 Å². The maximum atomic E-state index is 5.88. The average Bonchev–Trinajstić information content (AvgIpc) is 2.52. The van der Waals surface area contributed by atoms with E-state index in [4.69, 9.17) is 14.2 Å². The van der Waals surface area contributed by atoms with Crippen molar-refractivity contribution in [2.75, 3.05) is 13.4 Å². The second-order valence-corrected chi connectivity index (χ2v) is 5.94. The third-order valence-corrected chi connectivity index (χ3v) is 2.91. The molecule has 3 nitrogen and oxygen atoms in total. The summed E-state index contributed by atoms with van der Waals surface area (Å²) in [6, 6.07) is 0.314. The highest BCUT2D eigenvalue weighted by atomic mass is 16.7. The van der Waals surface area contributed by atoms with Gasteiger partial charge in [-0.1, -0.05) is 27.7 Å². The van der Waals surface area contributed by atoms with Gasteiger partial charge in [0.05, 0.1) is 18.8 Å². The molecule has 0 amide bonds. The molecular weight excluding hydrogens is 215 g/mol. The normalized spacial score (nSPS) is 29.4. The number of hydrogen-bond donors (Lipinski definition) is 0. The lowest BCUT2D eigenvalue weighted by Gasteiger charge is -2.21. The van der Waals surface area contributed by atoms with E-state index in [0.717, 1.165) is 19.4 Å². The van der Waals surface area contributed by atoms with Gasteiger partial charge < -0.3 is 14.2 Å². The van der Waals surface area contributed by atoms with Crippen LogP contribution in [0, 0.1) is 11.8 Å². The van der Waals surface area contributed by atoms with Crippen molar-refractivity contribution in [2.45, 2.75) is 58.7 Å². The molecule has 1 aliphatic heterocycles. The Morgan fingerprint density at radius 1 is 1.24 bits per heavy atom. The fraction of sp³-hybridized carbons (Fsp3) is 1.00. The Morgan fingerprint density at radius 3 is 2.53 bits per heavy atom. The minimum atomic E-state index is 0.208. The van der Waals surface area contributed by atoms with Crippen LogP contribution in [0.1, 0.15) is 40.5 Å². The van der Waals surface area contributed by atoms with Crippen LogP contribution in [0.15, 0.2) is 0 Å². The highest BCUT2D eigenvalue weighted by Crippen LogP contribution is 2.26. The van der Waals surface area contributed by atoms with E-state index in [1.807, 2.05) is 0 Å². The van der Waals surface area contributed by atoms with Gasteiger partial charge in [0.25, 0.3) is 0 Å². The molecule has 1 rings (SSSR count). The monoisotopic (exact) mass is 242 g/mol. The molecule has 1 saturated heterocycles. The molecule has 0 aromatic carbocycles. The number of ether oxygens (including phenoxy) is 3. The Kier molecular flexibility index (Phi) is 6.53. The van der Waals surface area contributed by atoms with Gasteiger partial charge >= 0.3 is 0 Å². The summed E-state index contributed by atoms with van der Waals surface area (Å²) in [5.41, 5.74) is 0. The summed E-state index contributed by atoms with van der Waals surface area (Å²) < 4.78 is 17.1. The van der Waals surface area contributed by atoms with E-state index in [1.165, 1.54) is 0 Å². The molecule has 0 saturated carbocycles. The maximum absolute atomic E-state index is 5.88. The van der Waals surface area contributed by atoms with Crippen molar-refractivity contribution in [1.82, 2.24) is 0 Å². The van der Waals surface area contributed by atoms with Gasteiger partial charge in [0.15, 0.2) is 0 Å². The molecule has 3 atom stereocenters. The molecule has 1 unspecified atom stereocenters. The molecule has 0 aromatic heterocycles. The van der Waals surface area contributed by atoms with Gasteiger partial charge in [-0.2, -0.15) is 0 Å². The summed E-state index contributed by atoms with van der Waals surface area (Å²) in [7, 11) is 2.12. The first-order valence-corrected chi connectivity index (χ1v) is 6.83. The average molecular weight is 242 g/mol. The predicted octanol–water partition coefficient (Wildman–Crippen LogP) is 1.80. The Balaban J connectivity index is 2.24. The van der Waals surface area contributed by atoms with Gasteiger partial charge in [0.2, 0.25) is 0 Å². The standard InChI is InChI=1S/C13H27BO3/c1-9(2)5-12-11(6-13(14)17-12)16-8-15-7-10(3)4/h9-13H,5-8,14H2,1-4H3/t11?,12-,13-/m1/s1. The molecule has 0 aliphatic carbocycles. The smallest absolute Gasteiger partial charge is 0.147 e. The van der Waals surface area contributed by atoms with Gasteiger partial charge in [-0.15, -0.1) is 0 Å². The van der Waals surface area contributed by atoms with Crippen LogP contribution < -0.4 is 0 Å². The molecule has 17 heavy (non-hydrogen) atoms. The summed E-state index contributed by atoms with van der Waals surface area (Å²) in [6.07, 6.45) is 2.51. The van der Waals surface area contributed by atoms with Crippen molar-refractivity contribution in [1.29, 1.82) is 0 Å². The molecule has 0 radical (unpaired) electrons. The van der Waals surface area contributed by atoms with Crippen molar-refractivity contribution in [2.24, 2.45) is 11.8 Å². The lowest BCUT2D eigenvalue weighted by Crippen LogP contribution is -2.27. The molecular formula is C13H27BO3. The quantitative estimate of drug-likeness (QED) is 0.387. The van der Waals surface area contributed by atoms with Gasteiger partial charge in [0.1, 0.15) is 14.6 Å². The number of hydrogen-bond acceptors (Lipinski definition) is 3. The van der Waals surface area contributed by atoms with E-state index < -0.39 is 0 Å². The highest BCUT2D eigenvalue weighted by Gasteiger charge is 2.33. The molecule has 0 N–H and O–H groups in total. The third-order valence-electron chi connectivity index (χ3n) is 2.91. The number of rotatable bonds is 7. The van der Waals surface area contributed by atoms with Crippen LogP contribution in [0.3, 0.4) is 0 Å². The summed E-state index contributed by atoms with van der Waals surface area (Å²) >= 11 is 0. The molecule has 0 spiro atoms. The lowest BCUT2D eigenvalue weighted by atomic mass is 9.94. The maximum Gasteiger partial charge on any atom is 0.147 e. The van der Waals surface area contributed by atoms with Crippen LogP contribution in [0.5, 0.6) is 0 Å². The van der Waals surface area contributed by atoms with Crippen LogP contribution in [-0.2, 0) is 14.2 Å². The zero-order valence-electron chi connectivity index (χ0n) is 11.9. The van der Waals surface area contributed by atoms with Crippen LogP contribution in [-0.4, -0.2) is 39.5 Å². The first-order chi connectivity index (χ1) is 7.99. The Hall–Kier alpha value is -0.0551. The third kappa shape index (κ3) is 5.89. The Bertz CT molecular complexity index is 209. The van der Waals surface area contributed by atoms with Crippen LogP contribution >= 0.6 is 0 Å². The molecule has 0 bridgehead atoms. The Labute approximate surface area is 107 Å². The summed E-state index contributed by atoms with van der Waals surface area (Å²) in [6.45, 7) is 9.88. The van der Waals surface area contributed by atoms with E-state index >= 15 is 0 Å². The fourth-order valence-corrected chi connectivity index (χ4v) is 2.19. The van der Waals surface area contributed by atoms with E-state index in [-0.39, 0.29) is 12.2 Å². The first kappa shape index (κ1) is 15.0.